The number of hydrogen-bond acceptors (Lipinski definition) is 3. The summed E-state index contributed by atoms with van der Waals surface area (Å²) >= 11 is 5.73. The second-order valence-corrected chi connectivity index (χ2v) is 3.63. The topological polar surface area (TPSA) is 109 Å². The zero-order chi connectivity index (χ0) is 13.7. The molecule has 1 aromatic rings. The van der Waals surface area contributed by atoms with Gasteiger partial charge in [0.05, 0.1) is 10.6 Å². The molecule has 0 spiro atoms. The first-order valence-corrected chi connectivity index (χ1v) is 5.09. The third-order valence-corrected chi connectivity index (χ3v) is 2.21. The van der Waals surface area contributed by atoms with Gasteiger partial charge in [-0.1, -0.05) is 11.6 Å². The molecule has 0 atom stereocenters. The minimum atomic E-state index is -1.24. The lowest BCUT2D eigenvalue weighted by Crippen LogP contribution is -2.13. The first kappa shape index (κ1) is 13.7. The number of halogens is 1. The molecule has 94 valence electrons. The van der Waals surface area contributed by atoms with Crippen LogP contribution >= 0.6 is 11.6 Å². The van der Waals surface area contributed by atoms with Crippen molar-refractivity contribution in [1.82, 2.24) is 0 Å². The number of anilines is 1. The normalized spacial score (nSPS) is 10.3. The molecule has 18 heavy (non-hydrogen) atoms. The van der Waals surface area contributed by atoms with Crippen molar-refractivity contribution in [3.63, 3.8) is 0 Å². The van der Waals surface area contributed by atoms with E-state index in [1.807, 2.05) is 0 Å². The third kappa shape index (κ3) is 3.91. The molecule has 0 heterocycles. The molecule has 0 saturated heterocycles. The van der Waals surface area contributed by atoms with E-state index < -0.39 is 17.8 Å². The van der Waals surface area contributed by atoms with Crippen LogP contribution in [-0.4, -0.2) is 22.9 Å². The highest BCUT2D eigenvalue weighted by molar-refractivity contribution is 6.34. The molecule has 0 aliphatic carbocycles. The van der Waals surface area contributed by atoms with Crippen molar-refractivity contribution in [3.05, 3.63) is 40.9 Å². The fourth-order valence-electron chi connectivity index (χ4n) is 1.12. The van der Waals surface area contributed by atoms with Crippen LogP contribution in [0.4, 0.5) is 5.69 Å². The van der Waals surface area contributed by atoms with Crippen molar-refractivity contribution >= 4 is 35.1 Å². The van der Waals surface area contributed by atoms with E-state index in [2.05, 4.69) is 5.32 Å². The average molecular weight is 269 g/mol. The molecule has 1 rings (SSSR count). The van der Waals surface area contributed by atoms with Crippen molar-refractivity contribution in [2.24, 2.45) is 5.73 Å². The van der Waals surface area contributed by atoms with E-state index in [4.69, 9.17) is 22.4 Å². The second kappa shape index (κ2) is 5.83. The number of rotatable bonds is 4. The van der Waals surface area contributed by atoms with Gasteiger partial charge in [0, 0.05) is 17.8 Å². The molecule has 0 fully saturated rings. The largest absolute Gasteiger partial charge is 0.478 e. The quantitative estimate of drug-likeness (QED) is 0.708. The Morgan fingerprint density at radius 2 is 1.94 bits per heavy atom. The first-order valence-electron chi connectivity index (χ1n) is 4.71. The van der Waals surface area contributed by atoms with E-state index >= 15 is 0 Å². The van der Waals surface area contributed by atoms with E-state index in [9.17, 15) is 14.4 Å². The minimum absolute atomic E-state index is 0.0664. The Morgan fingerprint density at radius 3 is 2.50 bits per heavy atom. The Hall–Kier alpha value is -2.34. The molecular formula is C11H9ClN2O4. The second-order valence-electron chi connectivity index (χ2n) is 3.22. The van der Waals surface area contributed by atoms with Crippen LogP contribution in [0.25, 0.3) is 0 Å². The number of benzene rings is 1. The van der Waals surface area contributed by atoms with Gasteiger partial charge in [-0.15, -0.1) is 0 Å². The van der Waals surface area contributed by atoms with Crippen molar-refractivity contribution < 1.29 is 19.5 Å². The highest BCUT2D eigenvalue weighted by Gasteiger charge is 2.08. The summed E-state index contributed by atoms with van der Waals surface area (Å²) in [6.07, 6.45) is 1.54. The standard InChI is InChI=1S/C11H9ClN2O4/c12-8-2-1-6(5-7(8)11(13)18)14-9(15)3-4-10(16)17/h1-5H,(H2,13,18)(H,14,15)(H,16,17)/b4-3-. The number of hydrogen-bond donors (Lipinski definition) is 3. The fraction of sp³-hybridized carbons (Fsp3) is 0. The minimum Gasteiger partial charge on any atom is -0.478 e. The van der Waals surface area contributed by atoms with Gasteiger partial charge in [0.15, 0.2) is 0 Å². The molecule has 0 bridgehead atoms. The first-order chi connectivity index (χ1) is 8.40. The van der Waals surface area contributed by atoms with Gasteiger partial charge in [-0.05, 0) is 18.2 Å². The van der Waals surface area contributed by atoms with Crippen LogP contribution in [0.2, 0.25) is 5.02 Å². The van der Waals surface area contributed by atoms with Gasteiger partial charge >= 0.3 is 5.97 Å². The maximum atomic E-state index is 11.3. The van der Waals surface area contributed by atoms with Crippen molar-refractivity contribution in [1.29, 1.82) is 0 Å². The molecule has 7 heteroatoms. The predicted molar refractivity (Wildman–Crippen MR) is 65.4 cm³/mol. The summed E-state index contributed by atoms with van der Waals surface area (Å²) in [5.74, 6) is -2.61. The Bertz CT molecular complexity index is 540. The van der Waals surface area contributed by atoms with E-state index in [-0.39, 0.29) is 16.3 Å². The van der Waals surface area contributed by atoms with E-state index in [1.165, 1.54) is 18.2 Å². The Labute approximate surface area is 107 Å². The van der Waals surface area contributed by atoms with Gasteiger partial charge in [0.25, 0.3) is 0 Å². The van der Waals surface area contributed by atoms with Crippen LogP contribution < -0.4 is 11.1 Å². The summed E-state index contributed by atoms with van der Waals surface area (Å²) in [6.45, 7) is 0. The smallest absolute Gasteiger partial charge is 0.328 e. The number of nitrogens with two attached hydrogens (primary N) is 1. The molecule has 6 nitrogen and oxygen atoms in total. The number of carboxylic acid groups (broad SMARTS) is 1. The van der Waals surface area contributed by atoms with Gasteiger partial charge in [-0.2, -0.15) is 0 Å². The number of nitrogens with one attached hydrogen (secondary N) is 1. The Morgan fingerprint density at radius 1 is 1.28 bits per heavy atom. The number of carbonyl (C=O) groups is 3. The van der Waals surface area contributed by atoms with Gasteiger partial charge in [0.1, 0.15) is 0 Å². The molecule has 0 radical (unpaired) electrons. The molecule has 0 aliphatic rings. The van der Waals surface area contributed by atoms with Crippen LogP contribution in [-0.2, 0) is 9.59 Å². The third-order valence-electron chi connectivity index (χ3n) is 1.88. The molecule has 2 amide bonds. The number of primary amides is 1. The monoisotopic (exact) mass is 268 g/mol. The maximum absolute atomic E-state index is 11.3. The van der Waals surface area contributed by atoms with Gasteiger partial charge < -0.3 is 16.2 Å². The zero-order valence-corrected chi connectivity index (χ0v) is 9.77. The molecule has 0 saturated carbocycles. The summed E-state index contributed by atoms with van der Waals surface area (Å²) in [5, 5.41) is 10.9. The molecule has 0 aromatic heterocycles. The molecule has 0 unspecified atom stereocenters. The van der Waals surface area contributed by atoms with E-state index in [0.29, 0.717) is 6.08 Å². The van der Waals surface area contributed by atoms with Crippen molar-refractivity contribution in [2.75, 3.05) is 5.32 Å². The van der Waals surface area contributed by atoms with Crippen molar-refractivity contribution in [3.8, 4) is 0 Å². The van der Waals surface area contributed by atoms with Crippen LogP contribution in [0.1, 0.15) is 10.4 Å². The highest BCUT2D eigenvalue weighted by Crippen LogP contribution is 2.20. The lowest BCUT2D eigenvalue weighted by Gasteiger charge is -2.05. The average Bonchev–Trinajstić information content (AvgIpc) is 2.28. The SMILES string of the molecule is NC(=O)c1cc(NC(=O)/C=C\C(=O)O)ccc1Cl. The van der Waals surface area contributed by atoms with E-state index in [1.54, 1.807) is 0 Å². The summed E-state index contributed by atoms with van der Waals surface area (Å²) in [6, 6.07) is 4.16. The lowest BCUT2D eigenvalue weighted by molar-refractivity contribution is -0.131. The number of carboxylic acids is 1. The van der Waals surface area contributed by atoms with Gasteiger partial charge in [-0.25, -0.2) is 4.79 Å². The number of amides is 2. The van der Waals surface area contributed by atoms with Gasteiger partial charge in [-0.3, -0.25) is 9.59 Å². The Kier molecular flexibility index (Phi) is 4.45. The van der Waals surface area contributed by atoms with Crippen LogP contribution in [0.5, 0.6) is 0 Å². The molecule has 4 N–H and O–H groups in total. The summed E-state index contributed by atoms with van der Waals surface area (Å²) in [5.41, 5.74) is 5.44. The zero-order valence-electron chi connectivity index (χ0n) is 9.01. The number of carbonyl (C=O) groups excluding carboxylic acids is 2. The fourth-order valence-corrected chi connectivity index (χ4v) is 1.33. The van der Waals surface area contributed by atoms with Crippen LogP contribution in [0, 0.1) is 0 Å². The Balaban J connectivity index is 2.86. The maximum Gasteiger partial charge on any atom is 0.328 e. The van der Waals surface area contributed by atoms with Crippen LogP contribution in [0.15, 0.2) is 30.4 Å². The number of aliphatic carboxylic acids is 1. The summed E-state index contributed by atoms with van der Waals surface area (Å²) < 4.78 is 0. The molecule has 1 aromatic carbocycles. The molecular weight excluding hydrogens is 260 g/mol. The lowest BCUT2D eigenvalue weighted by atomic mass is 10.2. The van der Waals surface area contributed by atoms with E-state index in [0.717, 1.165) is 6.08 Å². The highest BCUT2D eigenvalue weighted by atomic mass is 35.5. The molecule has 0 aliphatic heterocycles. The van der Waals surface area contributed by atoms with Gasteiger partial charge in [0.2, 0.25) is 11.8 Å². The predicted octanol–water partition coefficient (Wildman–Crippen LogP) is 1.02. The summed E-state index contributed by atoms with van der Waals surface area (Å²) in [7, 11) is 0. The summed E-state index contributed by atoms with van der Waals surface area (Å²) in [4.78, 5) is 32.5. The van der Waals surface area contributed by atoms with Crippen LogP contribution in [0.3, 0.4) is 0 Å². The van der Waals surface area contributed by atoms with Crippen molar-refractivity contribution in [2.45, 2.75) is 0 Å².